The molecule has 0 atom stereocenters. The minimum Gasteiger partial charge on any atom is -0.350 e. The molecule has 0 aliphatic rings. The molecule has 0 spiro atoms. The third kappa shape index (κ3) is 3.31. The molecule has 0 aliphatic heterocycles. The molecule has 0 unspecified atom stereocenters. The first-order valence-electron chi connectivity index (χ1n) is 6.94. The highest BCUT2D eigenvalue weighted by Gasteiger charge is 2.12. The van der Waals surface area contributed by atoms with E-state index in [2.05, 4.69) is 20.4 Å². The Morgan fingerprint density at radius 1 is 1.26 bits per heavy atom. The van der Waals surface area contributed by atoms with Crippen molar-refractivity contribution in [3.63, 3.8) is 0 Å². The lowest BCUT2D eigenvalue weighted by Crippen LogP contribution is -2.28. The minimum atomic E-state index is -0.639. The van der Waals surface area contributed by atoms with Gasteiger partial charge >= 0.3 is 0 Å². The molecule has 1 N–H and O–H groups in total. The Bertz CT molecular complexity index is 857. The second-order valence-electron chi connectivity index (χ2n) is 4.98. The van der Waals surface area contributed by atoms with Gasteiger partial charge in [-0.15, -0.1) is 5.10 Å². The van der Waals surface area contributed by atoms with Gasteiger partial charge in [0.2, 0.25) is 0 Å². The van der Waals surface area contributed by atoms with Gasteiger partial charge in [0.25, 0.3) is 11.7 Å². The van der Waals surface area contributed by atoms with Gasteiger partial charge in [0.15, 0.2) is 0 Å². The molecule has 0 saturated heterocycles. The molecule has 0 radical (unpaired) electrons. The van der Waals surface area contributed by atoms with Crippen molar-refractivity contribution in [3.05, 3.63) is 59.2 Å². The van der Waals surface area contributed by atoms with Crippen LogP contribution in [0.3, 0.4) is 0 Å². The molecular weight excluding hydrogens is 304 g/mol. The summed E-state index contributed by atoms with van der Waals surface area (Å²) in [6.07, 6.45) is 1.78. The summed E-state index contributed by atoms with van der Waals surface area (Å²) in [5.74, 6) is -0.796. The predicted molar refractivity (Wildman–Crippen MR) is 77.9 cm³/mol. The van der Waals surface area contributed by atoms with Crippen LogP contribution in [-0.2, 0) is 6.42 Å². The van der Waals surface area contributed by atoms with Crippen molar-refractivity contribution in [1.82, 2.24) is 24.9 Å². The van der Waals surface area contributed by atoms with Crippen molar-refractivity contribution >= 4 is 11.7 Å². The summed E-state index contributed by atoms with van der Waals surface area (Å²) < 4.78 is 27.6. The van der Waals surface area contributed by atoms with E-state index in [-0.39, 0.29) is 12.5 Å². The van der Waals surface area contributed by atoms with E-state index in [9.17, 15) is 13.6 Å². The monoisotopic (exact) mass is 317 g/mol. The lowest BCUT2D eigenvalue weighted by molar-refractivity contribution is 0.0946. The van der Waals surface area contributed by atoms with Crippen LogP contribution in [0.5, 0.6) is 0 Å². The molecule has 8 heteroatoms. The van der Waals surface area contributed by atoms with Gasteiger partial charge in [-0.3, -0.25) is 4.79 Å². The fourth-order valence-electron chi connectivity index (χ4n) is 2.23. The van der Waals surface area contributed by atoms with Gasteiger partial charge in [-0.1, -0.05) is 0 Å². The van der Waals surface area contributed by atoms with Crippen LogP contribution in [-0.4, -0.2) is 32.0 Å². The Morgan fingerprint density at radius 2 is 2.00 bits per heavy atom. The van der Waals surface area contributed by atoms with Crippen molar-refractivity contribution in [2.75, 3.05) is 6.54 Å². The molecular formula is C15H13F2N5O. The first-order valence-corrected chi connectivity index (χ1v) is 6.94. The average molecular weight is 317 g/mol. The number of rotatable bonds is 4. The molecule has 0 bridgehead atoms. The molecule has 118 valence electrons. The highest BCUT2D eigenvalue weighted by molar-refractivity contribution is 5.92. The Balaban J connectivity index is 1.69. The fraction of sp³-hybridized carbons (Fsp3) is 0.200. The number of hydrogen-bond acceptors (Lipinski definition) is 4. The van der Waals surface area contributed by atoms with Gasteiger partial charge in [-0.25, -0.2) is 13.8 Å². The first kappa shape index (κ1) is 15.0. The molecule has 0 fully saturated rings. The summed E-state index contributed by atoms with van der Waals surface area (Å²) in [4.78, 5) is 20.3. The molecule has 1 aromatic carbocycles. The summed E-state index contributed by atoms with van der Waals surface area (Å²) >= 11 is 0. The smallest absolute Gasteiger partial charge is 0.270 e. The van der Waals surface area contributed by atoms with Crippen molar-refractivity contribution < 1.29 is 13.6 Å². The molecule has 3 rings (SSSR count). The van der Waals surface area contributed by atoms with Gasteiger partial charge < -0.3 is 5.32 Å². The van der Waals surface area contributed by atoms with E-state index < -0.39 is 11.6 Å². The van der Waals surface area contributed by atoms with E-state index in [0.717, 1.165) is 6.07 Å². The quantitative estimate of drug-likeness (QED) is 0.795. The third-order valence-electron chi connectivity index (χ3n) is 3.20. The van der Waals surface area contributed by atoms with Crippen LogP contribution in [0.2, 0.25) is 0 Å². The van der Waals surface area contributed by atoms with Gasteiger partial charge in [0, 0.05) is 18.8 Å². The standard InChI is InChI=1S/C15H13F2N5O/c1-9-20-15-19-5-3-13(22(15)21-9)14(23)18-4-2-10-6-11(16)8-12(17)7-10/h3,5-8H,2,4H2,1H3,(H,18,23). The van der Waals surface area contributed by atoms with E-state index in [0.29, 0.717) is 29.3 Å². The normalized spacial score (nSPS) is 10.9. The average Bonchev–Trinajstić information content (AvgIpc) is 2.86. The lowest BCUT2D eigenvalue weighted by Gasteiger charge is -2.06. The lowest BCUT2D eigenvalue weighted by atomic mass is 10.1. The van der Waals surface area contributed by atoms with Crippen LogP contribution in [0.4, 0.5) is 8.78 Å². The number of hydrogen-bond donors (Lipinski definition) is 1. The number of halogens is 2. The second kappa shape index (κ2) is 6.07. The summed E-state index contributed by atoms with van der Waals surface area (Å²) in [6.45, 7) is 1.94. The number of fused-ring (bicyclic) bond motifs is 1. The van der Waals surface area contributed by atoms with Crippen LogP contribution >= 0.6 is 0 Å². The Kier molecular flexibility index (Phi) is 3.96. The maximum Gasteiger partial charge on any atom is 0.270 e. The molecule has 2 heterocycles. The van der Waals surface area contributed by atoms with E-state index in [1.54, 1.807) is 6.92 Å². The fourth-order valence-corrected chi connectivity index (χ4v) is 2.23. The van der Waals surface area contributed by atoms with Gasteiger partial charge in [-0.2, -0.15) is 9.50 Å². The third-order valence-corrected chi connectivity index (χ3v) is 3.20. The zero-order valence-corrected chi connectivity index (χ0v) is 12.3. The van der Waals surface area contributed by atoms with Crippen LogP contribution in [0.25, 0.3) is 5.78 Å². The molecule has 0 saturated carbocycles. The van der Waals surface area contributed by atoms with Gasteiger partial charge in [0.05, 0.1) is 0 Å². The van der Waals surface area contributed by atoms with E-state index in [4.69, 9.17) is 0 Å². The minimum absolute atomic E-state index is 0.235. The molecule has 6 nitrogen and oxygen atoms in total. The Labute approximate surface area is 130 Å². The van der Waals surface area contributed by atoms with Gasteiger partial charge in [-0.05, 0) is 37.1 Å². The number of nitrogens with zero attached hydrogens (tertiary/aromatic N) is 4. The van der Waals surface area contributed by atoms with Crippen LogP contribution in [0, 0.1) is 18.6 Å². The second-order valence-corrected chi connectivity index (χ2v) is 4.98. The number of amides is 1. The highest BCUT2D eigenvalue weighted by Crippen LogP contribution is 2.08. The number of carbonyl (C=O) groups excluding carboxylic acids is 1. The van der Waals surface area contributed by atoms with Crippen molar-refractivity contribution in [2.45, 2.75) is 13.3 Å². The van der Waals surface area contributed by atoms with Crippen molar-refractivity contribution in [3.8, 4) is 0 Å². The number of aryl methyl sites for hydroxylation is 1. The van der Waals surface area contributed by atoms with Crippen LogP contribution in [0.1, 0.15) is 21.9 Å². The van der Waals surface area contributed by atoms with Crippen molar-refractivity contribution in [1.29, 1.82) is 0 Å². The number of nitrogens with one attached hydrogen (secondary N) is 1. The first-order chi connectivity index (χ1) is 11.0. The number of carbonyl (C=O) groups is 1. The maximum absolute atomic E-state index is 13.1. The molecule has 0 aliphatic carbocycles. The highest BCUT2D eigenvalue weighted by atomic mass is 19.1. The van der Waals surface area contributed by atoms with E-state index >= 15 is 0 Å². The molecule has 23 heavy (non-hydrogen) atoms. The maximum atomic E-state index is 13.1. The molecule has 2 aromatic heterocycles. The Morgan fingerprint density at radius 3 is 2.74 bits per heavy atom. The topological polar surface area (TPSA) is 72.2 Å². The Hall–Kier alpha value is -2.90. The summed E-state index contributed by atoms with van der Waals surface area (Å²) in [5, 5.41) is 6.79. The predicted octanol–water partition coefficient (Wildman–Crippen LogP) is 1.68. The molecule has 3 aromatic rings. The zero-order chi connectivity index (χ0) is 16.4. The van der Waals surface area contributed by atoms with E-state index in [1.807, 2.05) is 0 Å². The largest absolute Gasteiger partial charge is 0.350 e. The SMILES string of the molecule is Cc1nc2nccc(C(=O)NCCc3cc(F)cc(F)c3)n2n1. The summed E-state index contributed by atoms with van der Waals surface area (Å²) in [5.41, 5.74) is 0.764. The van der Waals surface area contributed by atoms with E-state index in [1.165, 1.54) is 28.9 Å². The number of benzene rings is 1. The summed E-state index contributed by atoms with van der Waals surface area (Å²) in [6, 6.07) is 4.81. The van der Waals surface area contributed by atoms with Crippen molar-refractivity contribution in [2.24, 2.45) is 0 Å². The van der Waals surface area contributed by atoms with Crippen LogP contribution < -0.4 is 5.32 Å². The summed E-state index contributed by atoms with van der Waals surface area (Å²) in [7, 11) is 0. The van der Waals surface area contributed by atoms with Crippen LogP contribution in [0.15, 0.2) is 30.5 Å². The molecule has 1 amide bonds. The number of aromatic nitrogens is 4. The van der Waals surface area contributed by atoms with Gasteiger partial charge in [0.1, 0.15) is 23.2 Å². The zero-order valence-electron chi connectivity index (χ0n) is 12.3.